The summed E-state index contributed by atoms with van der Waals surface area (Å²) in [5.74, 6) is -3.33. The summed E-state index contributed by atoms with van der Waals surface area (Å²) in [4.78, 5) is 20.0. The Labute approximate surface area is 161 Å². The molecular weight excluding hydrogens is 392 g/mol. The molecule has 0 atom stereocenters. The molecule has 28 heavy (non-hydrogen) atoms. The predicted octanol–water partition coefficient (Wildman–Crippen LogP) is 2.06. The molecule has 2 rings (SSSR count). The molecular formula is C17H21F2N5O3S. The fourth-order valence-corrected chi connectivity index (χ4v) is 3.28. The van der Waals surface area contributed by atoms with E-state index in [1.807, 2.05) is 13.8 Å². The van der Waals surface area contributed by atoms with Crippen molar-refractivity contribution in [2.75, 3.05) is 30.3 Å². The van der Waals surface area contributed by atoms with Crippen LogP contribution in [0.2, 0.25) is 0 Å². The fourth-order valence-electron chi connectivity index (χ4n) is 2.36. The summed E-state index contributed by atoms with van der Waals surface area (Å²) in [5, 5.41) is 8.51. The van der Waals surface area contributed by atoms with Crippen molar-refractivity contribution < 1.29 is 22.0 Å². The molecule has 0 aliphatic rings. The molecule has 1 heterocycles. The number of carbonyl (C=O) groups is 1. The van der Waals surface area contributed by atoms with Crippen molar-refractivity contribution in [3.63, 3.8) is 0 Å². The van der Waals surface area contributed by atoms with Gasteiger partial charge < -0.3 is 16.0 Å². The standard InChI is InChI=1S/C17H21F2N5O3S/c1-3-20-17-23-11(2)10-14(24-17)21-8-9-22-15(25)12-6-4-5-7-13(12)28(26,27)16(18)19/h4-7,10,16H,3,8-9H2,1-2H3,(H,22,25)(H2,20,21,23,24). The summed E-state index contributed by atoms with van der Waals surface area (Å²) in [6, 6.07) is 6.60. The van der Waals surface area contributed by atoms with Crippen molar-refractivity contribution in [2.45, 2.75) is 24.5 Å². The molecule has 1 aromatic heterocycles. The van der Waals surface area contributed by atoms with E-state index in [2.05, 4.69) is 25.9 Å². The summed E-state index contributed by atoms with van der Waals surface area (Å²) < 4.78 is 49.1. The van der Waals surface area contributed by atoms with Crippen molar-refractivity contribution in [2.24, 2.45) is 0 Å². The van der Waals surface area contributed by atoms with Crippen LogP contribution >= 0.6 is 0 Å². The lowest BCUT2D eigenvalue weighted by Crippen LogP contribution is -2.30. The monoisotopic (exact) mass is 413 g/mol. The second-order valence-electron chi connectivity index (χ2n) is 5.73. The first kappa shape index (κ1) is 21.5. The number of alkyl halides is 2. The van der Waals surface area contributed by atoms with E-state index in [9.17, 15) is 22.0 Å². The zero-order valence-corrected chi connectivity index (χ0v) is 16.2. The third-order valence-electron chi connectivity index (χ3n) is 3.58. The number of rotatable bonds is 9. The van der Waals surface area contributed by atoms with Gasteiger partial charge in [-0.2, -0.15) is 13.8 Å². The highest BCUT2D eigenvalue weighted by Gasteiger charge is 2.30. The molecule has 1 aromatic carbocycles. The number of hydrogen-bond acceptors (Lipinski definition) is 7. The SMILES string of the molecule is CCNc1nc(C)cc(NCCNC(=O)c2ccccc2S(=O)(=O)C(F)F)n1. The van der Waals surface area contributed by atoms with Gasteiger partial charge in [0.15, 0.2) is 0 Å². The molecule has 0 radical (unpaired) electrons. The van der Waals surface area contributed by atoms with Gasteiger partial charge >= 0.3 is 5.76 Å². The van der Waals surface area contributed by atoms with Crippen molar-refractivity contribution in [1.82, 2.24) is 15.3 Å². The molecule has 0 aliphatic heterocycles. The van der Waals surface area contributed by atoms with Crippen LogP contribution in [-0.4, -0.2) is 49.7 Å². The van der Waals surface area contributed by atoms with E-state index in [-0.39, 0.29) is 18.7 Å². The highest BCUT2D eigenvalue weighted by Crippen LogP contribution is 2.22. The van der Waals surface area contributed by atoms with Crippen LogP contribution in [0.1, 0.15) is 23.0 Å². The van der Waals surface area contributed by atoms with Gasteiger partial charge in [-0.1, -0.05) is 12.1 Å². The Bertz CT molecular complexity index is 938. The largest absolute Gasteiger partial charge is 0.368 e. The van der Waals surface area contributed by atoms with Crippen LogP contribution in [-0.2, 0) is 9.84 Å². The maximum absolute atomic E-state index is 12.8. The van der Waals surface area contributed by atoms with Gasteiger partial charge in [-0.15, -0.1) is 0 Å². The lowest BCUT2D eigenvalue weighted by Gasteiger charge is -2.12. The number of amides is 1. The zero-order chi connectivity index (χ0) is 20.7. The predicted molar refractivity (Wildman–Crippen MR) is 101 cm³/mol. The molecule has 3 N–H and O–H groups in total. The van der Waals surface area contributed by atoms with Crippen LogP contribution in [0.15, 0.2) is 35.2 Å². The molecule has 8 nitrogen and oxygen atoms in total. The second-order valence-corrected chi connectivity index (χ2v) is 7.62. The molecule has 2 aromatic rings. The maximum atomic E-state index is 12.8. The Morgan fingerprint density at radius 1 is 1.14 bits per heavy atom. The van der Waals surface area contributed by atoms with Gasteiger partial charge in [-0.25, -0.2) is 13.4 Å². The molecule has 0 saturated heterocycles. The lowest BCUT2D eigenvalue weighted by molar-refractivity contribution is 0.0951. The minimum Gasteiger partial charge on any atom is -0.368 e. The van der Waals surface area contributed by atoms with Crippen LogP contribution in [0.3, 0.4) is 0 Å². The Balaban J connectivity index is 1.99. The van der Waals surface area contributed by atoms with Crippen LogP contribution < -0.4 is 16.0 Å². The van der Waals surface area contributed by atoms with Gasteiger partial charge in [0, 0.05) is 31.4 Å². The van der Waals surface area contributed by atoms with Gasteiger partial charge in [0.1, 0.15) is 5.82 Å². The number of carbonyl (C=O) groups excluding carboxylic acids is 1. The fraction of sp³-hybridized carbons (Fsp3) is 0.353. The minimum absolute atomic E-state index is 0.126. The normalized spacial score (nSPS) is 11.3. The van der Waals surface area contributed by atoms with E-state index >= 15 is 0 Å². The minimum atomic E-state index is -4.87. The molecule has 11 heteroatoms. The summed E-state index contributed by atoms with van der Waals surface area (Å²) >= 11 is 0. The number of halogens is 2. The first-order valence-electron chi connectivity index (χ1n) is 8.48. The van der Waals surface area contributed by atoms with E-state index in [1.165, 1.54) is 18.2 Å². The number of anilines is 2. The first-order chi connectivity index (χ1) is 13.3. The van der Waals surface area contributed by atoms with Gasteiger partial charge in [0.2, 0.25) is 15.8 Å². The maximum Gasteiger partial charge on any atom is 0.341 e. The Kier molecular flexibility index (Phi) is 7.21. The Morgan fingerprint density at radius 3 is 2.54 bits per heavy atom. The van der Waals surface area contributed by atoms with Crippen molar-refractivity contribution in [3.8, 4) is 0 Å². The van der Waals surface area contributed by atoms with Crippen molar-refractivity contribution >= 4 is 27.5 Å². The average molecular weight is 413 g/mol. The number of aryl methyl sites for hydroxylation is 1. The van der Waals surface area contributed by atoms with E-state index in [0.29, 0.717) is 18.3 Å². The number of nitrogens with one attached hydrogen (secondary N) is 3. The first-order valence-corrected chi connectivity index (χ1v) is 10.0. The number of hydrogen-bond donors (Lipinski definition) is 3. The van der Waals surface area contributed by atoms with Crippen LogP contribution in [0.5, 0.6) is 0 Å². The highest BCUT2D eigenvalue weighted by atomic mass is 32.2. The average Bonchev–Trinajstić information content (AvgIpc) is 2.64. The van der Waals surface area contributed by atoms with E-state index in [4.69, 9.17) is 0 Å². The highest BCUT2D eigenvalue weighted by molar-refractivity contribution is 7.91. The van der Waals surface area contributed by atoms with Gasteiger partial charge in [-0.05, 0) is 26.0 Å². The van der Waals surface area contributed by atoms with Crippen molar-refractivity contribution in [1.29, 1.82) is 0 Å². The quantitative estimate of drug-likeness (QED) is 0.539. The molecule has 0 spiro atoms. The molecule has 0 bridgehead atoms. The lowest BCUT2D eigenvalue weighted by atomic mass is 10.2. The third kappa shape index (κ3) is 5.35. The summed E-state index contributed by atoms with van der Waals surface area (Å²) in [7, 11) is -4.87. The number of aromatic nitrogens is 2. The Morgan fingerprint density at radius 2 is 1.86 bits per heavy atom. The Hall–Kier alpha value is -2.82. The second kappa shape index (κ2) is 9.40. The molecule has 0 unspecified atom stereocenters. The van der Waals surface area contributed by atoms with Gasteiger partial charge in [0.25, 0.3) is 5.91 Å². The van der Waals surface area contributed by atoms with Crippen LogP contribution in [0.4, 0.5) is 20.5 Å². The van der Waals surface area contributed by atoms with Gasteiger partial charge in [0.05, 0.1) is 10.5 Å². The summed E-state index contributed by atoms with van der Waals surface area (Å²) in [6.45, 7) is 4.81. The van der Waals surface area contributed by atoms with Crippen LogP contribution in [0, 0.1) is 6.92 Å². The van der Waals surface area contributed by atoms with E-state index in [0.717, 1.165) is 11.8 Å². The van der Waals surface area contributed by atoms with E-state index in [1.54, 1.807) is 6.07 Å². The van der Waals surface area contributed by atoms with Crippen molar-refractivity contribution in [3.05, 3.63) is 41.6 Å². The molecule has 152 valence electrons. The molecule has 0 saturated carbocycles. The zero-order valence-electron chi connectivity index (χ0n) is 15.4. The number of sulfone groups is 1. The molecule has 0 aliphatic carbocycles. The summed E-state index contributed by atoms with van der Waals surface area (Å²) in [5.41, 5.74) is 0.429. The van der Waals surface area contributed by atoms with Crippen LogP contribution in [0.25, 0.3) is 0 Å². The number of benzene rings is 1. The smallest absolute Gasteiger partial charge is 0.341 e. The third-order valence-corrected chi connectivity index (χ3v) is 5.02. The topological polar surface area (TPSA) is 113 Å². The number of nitrogens with zero attached hydrogens (tertiary/aromatic N) is 2. The van der Waals surface area contributed by atoms with E-state index < -0.39 is 26.4 Å². The molecule has 0 fully saturated rings. The summed E-state index contributed by atoms with van der Waals surface area (Å²) in [6.07, 6.45) is 0. The van der Waals surface area contributed by atoms with Gasteiger partial charge in [-0.3, -0.25) is 4.79 Å². The molecule has 1 amide bonds.